The number of amides is 1. The number of thioether (sulfide) groups is 1. The number of nitrogens with zero attached hydrogens (tertiary/aromatic N) is 4. The lowest BCUT2D eigenvalue weighted by atomic mass is 10.2. The van der Waals surface area contributed by atoms with Crippen molar-refractivity contribution < 1.29 is 4.79 Å². The number of nitrogens with one attached hydrogen (secondary N) is 1. The Kier molecular flexibility index (Phi) is 5.22. The van der Waals surface area contributed by atoms with Crippen molar-refractivity contribution >= 4 is 34.5 Å². The average Bonchev–Trinajstić information content (AvgIpc) is 3.03. The Bertz CT molecular complexity index is 1130. The number of aryl methyl sites for hydroxylation is 3. The van der Waals surface area contributed by atoms with Crippen LogP contribution in [0, 0.1) is 6.92 Å². The highest BCUT2D eigenvalue weighted by Crippen LogP contribution is 2.21. The van der Waals surface area contributed by atoms with Crippen molar-refractivity contribution in [2.45, 2.75) is 25.5 Å². The SMILES string of the molecule is CCn1c(SCC(=O)Nc2ccc(C)cc2)nc2c1c(=O)n(C)c(=O)n2C. The fourth-order valence-electron chi connectivity index (χ4n) is 2.79. The van der Waals surface area contributed by atoms with Crippen LogP contribution in [0.4, 0.5) is 5.69 Å². The van der Waals surface area contributed by atoms with Gasteiger partial charge in [-0.15, -0.1) is 0 Å². The Morgan fingerprint density at radius 2 is 1.81 bits per heavy atom. The molecule has 0 fully saturated rings. The summed E-state index contributed by atoms with van der Waals surface area (Å²) in [6.45, 7) is 4.38. The molecule has 1 N–H and O–H groups in total. The van der Waals surface area contributed by atoms with E-state index in [2.05, 4.69) is 10.3 Å². The zero-order valence-corrected chi connectivity index (χ0v) is 16.5. The summed E-state index contributed by atoms with van der Waals surface area (Å²) in [6.07, 6.45) is 0. The molecule has 0 aliphatic carbocycles. The molecule has 0 unspecified atom stereocenters. The van der Waals surface area contributed by atoms with Gasteiger partial charge in [-0.1, -0.05) is 29.5 Å². The number of hydrogen-bond acceptors (Lipinski definition) is 5. The number of hydrogen-bond donors (Lipinski definition) is 1. The van der Waals surface area contributed by atoms with Gasteiger partial charge >= 0.3 is 5.69 Å². The summed E-state index contributed by atoms with van der Waals surface area (Å²) in [5.41, 5.74) is 1.72. The van der Waals surface area contributed by atoms with E-state index in [0.717, 1.165) is 15.8 Å². The van der Waals surface area contributed by atoms with Crippen LogP contribution in [0.5, 0.6) is 0 Å². The van der Waals surface area contributed by atoms with E-state index in [1.54, 1.807) is 11.6 Å². The van der Waals surface area contributed by atoms with Crippen LogP contribution >= 0.6 is 11.8 Å². The third-order valence-corrected chi connectivity index (χ3v) is 5.27. The largest absolute Gasteiger partial charge is 0.332 e. The molecule has 9 heteroatoms. The number of imidazole rings is 1. The van der Waals surface area contributed by atoms with Crippen LogP contribution in [0.15, 0.2) is 39.0 Å². The smallest absolute Gasteiger partial charge is 0.325 e. The quantitative estimate of drug-likeness (QED) is 0.670. The minimum absolute atomic E-state index is 0.144. The zero-order valence-electron chi connectivity index (χ0n) is 15.6. The maximum Gasteiger partial charge on any atom is 0.332 e. The molecule has 2 heterocycles. The average molecular weight is 387 g/mol. The Labute approximate surface area is 159 Å². The first-order valence-corrected chi connectivity index (χ1v) is 9.47. The molecule has 3 aromatic rings. The highest BCUT2D eigenvalue weighted by atomic mass is 32.2. The molecule has 0 aliphatic heterocycles. The number of benzene rings is 1. The molecule has 0 spiro atoms. The highest BCUT2D eigenvalue weighted by Gasteiger charge is 2.19. The summed E-state index contributed by atoms with van der Waals surface area (Å²) in [4.78, 5) is 41.3. The number of aromatic nitrogens is 4. The van der Waals surface area contributed by atoms with Gasteiger partial charge in [0.05, 0.1) is 5.75 Å². The number of carbonyl (C=O) groups excluding carboxylic acids is 1. The Balaban J connectivity index is 1.87. The molecule has 8 nitrogen and oxygen atoms in total. The van der Waals surface area contributed by atoms with Crippen molar-refractivity contribution in [2.75, 3.05) is 11.1 Å². The van der Waals surface area contributed by atoms with Crippen LogP contribution in [0.2, 0.25) is 0 Å². The van der Waals surface area contributed by atoms with Gasteiger partial charge in [-0.25, -0.2) is 9.78 Å². The van der Waals surface area contributed by atoms with Gasteiger partial charge in [-0.05, 0) is 26.0 Å². The predicted octanol–water partition coefficient (Wildman–Crippen LogP) is 1.49. The summed E-state index contributed by atoms with van der Waals surface area (Å²) >= 11 is 1.23. The number of rotatable bonds is 5. The second-order valence-electron chi connectivity index (χ2n) is 6.22. The predicted molar refractivity (Wildman–Crippen MR) is 106 cm³/mol. The second kappa shape index (κ2) is 7.43. The van der Waals surface area contributed by atoms with E-state index >= 15 is 0 Å². The minimum atomic E-state index is -0.429. The molecule has 0 atom stereocenters. The van der Waals surface area contributed by atoms with Crippen LogP contribution in [-0.2, 0) is 25.4 Å². The van der Waals surface area contributed by atoms with Gasteiger partial charge < -0.3 is 9.88 Å². The third-order valence-electron chi connectivity index (χ3n) is 4.30. The summed E-state index contributed by atoms with van der Waals surface area (Å²) in [6, 6.07) is 7.54. The molecule has 0 saturated carbocycles. The molecule has 3 rings (SSSR count). The molecule has 0 saturated heterocycles. The van der Waals surface area contributed by atoms with E-state index in [9.17, 15) is 14.4 Å². The molecule has 142 valence electrons. The standard InChI is InChI=1S/C18H21N5O3S/c1-5-23-14-15(21(3)18(26)22(4)16(14)25)20-17(23)27-10-13(24)19-12-8-6-11(2)7-9-12/h6-9H,5,10H2,1-4H3,(H,19,24). The van der Waals surface area contributed by atoms with Crippen LogP contribution in [0.1, 0.15) is 12.5 Å². The summed E-state index contributed by atoms with van der Waals surface area (Å²) in [7, 11) is 3.02. The first-order chi connectivity index (χ1) is 12.8. The molecule has 1 amide bonds. The number of fused-ring (bicyclic) bond motifs is 1. The first kappa shape index (κ1) is 19.0. The van der Waals surface area contributed by atoms with Gasteiger partial charge in [0.2, 0.25) is 5.91 Å². The van der Waals surface area contributed by atoms with E-state index in [1.807, 2.05) is 38.1 Å². The monoisotopic (exact) mass is 387 g/mol. The van der Waals surface area contributed by atoms with Crippen LogP contribution in [-0.4, -0.2) is 30.3 Å². The molecule has 27 heavy (non-hydrogen) atoms. The molecular formula is C18H21N5O3S. The maximum absolute atomic E-state index is 12.5. The summed E-state index contributed by atoms with van der Waals surface area (Å²) in [5.74, 6) is -0.0220. The van der Waals surface area contributed by atoms with Crippen molar-refractivity contribution in [3.05, 3.63) is 50.7 Å². The van der Waals surface area contributed by atoms with Crippen molar-refractivity contribution in [3.8, 4) is 0 Å². The van der Waals surface area contributed by atoms with Crippen LogP contribution in [0.3, 0.4) is 0 Å². The van der Waals surface area contributed by atoms with Crippen molar-refractivity contribution in [1.29, 1.82) is 0 Å². The Morgan fingerprint density at radius 1 is 1.15 bits per heavy atom. The molecule has 1 aromatic carbocycles. The Hall–Kier alpha value is -2.81. The lowest BCUT2D eigenvalue weighted by molar-refractivity contribution is -0.113. The third kappa shape index (κ3) is 3.55. The van der Waals surface area contributed by atoms with E-state index in [1.165, 1.54) is 23.4 Å². The minimum Gasteiger partial charge on any atom is -0.325 e. The van der Waals surface area contributed by atoms with Crippen molar-refractivity contribution in [3.63, 3.8) is 0 Å². The molecule has 0 radical (unpaired) electrons. The van der Waals surface area contributed by atoms with Gasteiger partial charge in [0.15, 0.2) is 16.3 Å². The second-order valence-corrected chi connectivity index (χ2v) is 7.16. The fourth-order valence-corrected chi connectivity index (χ4v) is 3.65. The lowest BCUT2D eigenvalue weighted by Crippen LogP contribution is -2.37. The van der Waals surface area contributed by atoms with E-state index < -0.39 is 11.2 Å². The zero-order chi connectivity index (χ0) is 19.7. The maximum atomic E-state index is 12.5. The first-order valence-electron chi connectivity index (χ1n) is 8.49. The molecular weight excluding hydrogens is 366 g/mol. The van der Waals surface area contributed by atoms with Gasteiger partial charge in [-0.3, -0.25) is 18.7 Å². The van der Waals surface area contributed by atoms with Crippen LogP contribution < -0.4 is 16.6 Å². The van der Waals surface area contributed by atoms with E-state index in [-0.39, 0.29) is 11.7 Å². The lowest BCUT2D eigenvalue weighted by Gasteiger charge is -2.07. The number of carbonyl (C=O) groups is 1. The van der Waals surface area contributed by atoms with Gasteiger partial charge in [-0.2, -0.15) is 0 Å². The van der Waals surface area contributed by atoms with Gasteiger partial charge in [0.1, 0.15) is 0 Å². The summed E-state index contributed by atoms with van der Waals surface area (Å²) in [5, 5.41) is 3.37. The topological polar surface area (TPSA) is 90.9 Å². The van der Waals surface area contributed by atoms with Gasteiger partial charge in [0, 0.05) is 26.3 Å². The number of anilines is 1. The molecule has 0 aliphatic rings. The van der Waals surface area contributed by atoms with Gasteiger partial charge in [0.25, 0.3) is 5.56 Å². The fraction of sp³-hybridized carbons (Fsp3) is 0.333. The normalized spacial score (nSPS) is 11.1. The van der Waals surface area contributed by atoms with Crippen LogP contribution in [0.25, 0.3) is 11.2 Å². The van der Waals surface area contributed by atoms with Crippen molar-refractivity contribution in [1.82, 2.24) is 18.7 Å². The van der Waals surface area contributed by atoms with Crippen molar-refractivity contribution in [2.24, 2.45) is 14.1 Å². The summed E-state index contributed by atoms with van der Waals surface area (Å²) < 4.78 is 4.15. The Morgan fingerprint density at radius 3 is 2.44 bits per heavy atom. The highest BCUT2D eigenvalue weighted by molar-refractivity contribution is 7.99. The van der Waals surface area contributed by atoms with E-state index in [0.29, 0.717) is 22.9 Å². The molecule has 2 aromatic heterocycles. The van der Waals surface area contributed by atoms with E-state index in [4.69, 9.17) is 0 Å². The molecule has 0 bridgehead atoms.